The van der Waals surface area contributed by atoms with Crippen LogP contribution in [-0.2, 0) is 4.79 Å². The predicted octanol–water partition coefficient (Wildman–Crippen LogP) is 4.42. The van der Waals surface area contributed by atoms with E-state index in [9.17, 15) is 9.59 Å². The number of nitrogens with zero attached hydrogens (tertiary/aromatic N) is 1. The number of amides is 2. The van der Waals surface area contributed by atoms with Gasteiger partial charge in [0, 0.05) is 37.4 Å². The van der Waals surface area contributed by atoms with Crippen molar-refractivity contribution in [3.63, 3.8) is 0 Å². The zero-order chi connectivity index (χ0) is 22.8. The summed E-state index contributed by atoms with van der Waals surface area (Å²) in [5, 5.41) is 5.56. The number of aromatic nitrogens is 1. The van der Waals surface area contributed by atoms with E-state index in [1.54, 1.807) is 42.6 Å². The summed E-state index contributed by atoms with van der Waals surface area (Å²) in [4.78, 5) is 27.4. The second-order valence-electron chi connectivity index (χ2n) is 7.93. The van der Waals surface area contributed by atoms with Crippen molar-refractivity contribution in [2.45, 2.75) is 52.0 Å². The quantitative estimate of drug-likeness (QED) is 0.656. The van der Waals surface area contributed by atoms with Crippen LogP contribution < -0.4 is 20.1 Å². The highest BCUT2D eigenvalue weighted by Crippen LogP contribution is 2.25. The average molecular weight is 436 g/mol. The van der Waals surface area contributed by atoms with Gasteiger partial charge in [-0.2, -0.15) is 0 Å². The van der Waals surface area contributed by atoms with Crippen LogP contribution in [0.3, 0.4) is 0 Å². The summed E-state index contributed by atoms with van der Waals surface area (Å²) in [6, 6.07) is 10.1. The first-order valence-corrected chi connectivity index (χ1v) is 11.0. The number of pyridine rings is 1. The lowest BCUT2D eigenvalue weighted by Gasteiger charge is -2.21. The van der Waals surface area contributed by atoms with Crippen molar-refractivity contribution in [2.24, 2.45) is 5.92 Å². The van der Waals surface area contributed by atoms with E-state index in [4.69, 9.17) is 9.47 Å². The fraction of sp³-hybridized carbons (Fsp3) is 0.400. The number of carbonyl (C=O) groups excluding carboxylic acids is 2. The second kappa shape index (κ2) is 11.8. The molecular formula is C25H29N3O4. The molecule has 3 rings (SSSR count). The summed E-state index contributed by atoms with van der Waals surface area (Å²) in [7, 11) is 0. The highest BCUT2D eigenvalue weighted by atomic mass is 16.6. The minimum Gasteiger partial charge on any atom is -0.439 e. The van der Waals surface area contributed by atoms with Crippen molar-refractivity contribution in [1.82, 2.24) is 15.6 Å². The Morgan fingerprint density at radius 2 is 1.94 bits per heavy atom. The van der Waals surface area contributed by atoms with Crippen LogP contribution in [0.2, 0.25) is 0 Å². The lowest BCUT2D eigenvalue weighted by atomic mass is 9.89. The Morgan fingerprint density at radius 1 is 1.16 bits per heavy atom. The SMILES string of the molecule is CC(=O)NC(C)C#Cc1ccc(Oc2cccc(OC(=O)NCC3CCCCC3)c2)nc1. The van der Waals surface area contributed by atoms with E-state index >= 15 is 0 Å². The fourth-order valence-corrected chi connectivity index (χ4v) is 3.53. The maximum atomic E-state index is 12.1. The van der Waals surface area contributed by atoms with Gasteiger partial charge in [0.25, 0.3) is 0 Å². The number of rotatable bonds is 6. The summed E-state index contributed by atoms with van der Waals surface area (Å²) >= 11 is 0. The molecule has 1 unspecified atom stereocenters. The van der Waals surface area contributed by atoms with Crippen molar-refractivity contribution >= 4 is 12.0 Å². The smallest absolute Gasteiger partial charge is 0.412 e. The molecule has 1 fully saturated rings. The van der Waals surface area contributed by atoms with Crippen molar-refractivity contribution in [3.8, 4) is 29.2 Å². The van der Waals surface area contributed by atoms with Gasteiger partial charge in [-0.25, -0.2) is 9.78 Å². The molecule has 0 spiro atoms. The van der Waals surface area contributed by atoms with Gasteiger partial charge < -0.3 is 20.1 Å². The molecule has 2 amide bonds. The Balaban J connectivity index is 1.51. The largest absolute Gasteiger partial charge is 0.439 e. The van der Waals surface area contributed by atoms with Gasteiger partial charge in [0.05, 0.1) is 6.04 Å². The first kappa shape index (κ1) is 23.1. The monoisotopic (exact) mass is 435 g/mol. The standard InChI is InChI=1S/C25H29N3O4/c1-18(28-19(2)29)11-12-21-13-14-24(26-16-21)31-22-9-6-10-23(15-22)32-25(30)27-17-20-7-4-3-5-8-20/h6,9-10,13-16,18,20H,3-5,7-8,17H2,1-2H3,(H,27,30)(H,28,29). The Morgan fingerprint density at radius 3 is 2.66 bits per heavy atom. The normalized spacial score (nSPS) is 14.4. The van der Waals surface area contributed by atoms with E-state index in [1.807, 2.05) is 6.92 Å². The van der Waals surface area contributed by atoms with Gasteiger partial charge >= 0.3 is 6.09 Å². The van der Waals surface area contributed by atoms with Gasteiger partial charge in [-0.05, 0) is 43.9 Å². The van der Waals surface area contributed by atoms with Crippen molar-refractivity contribution in [3.05, 3.63) is 48.2 Å². The van der Waals surface area contributed by atoms with E-state index < -0.39 is 6.09 Å². The van der Waals surface area contributed by atoms with Crippen molar-refractivity contribution < 1.29 is 19.1 Å². The summed E-state index contributed by atoms with van der Waals surface area (Å²) in [6.07, 6.45) is 7.22. The fourth-order valence-electron chi connectivity index (χ4n) is 3.53. The second-order valence-corrected chi connectivity index (χ2v) is 7.93. The number of carbonyl (C=O) groups is 2. The van der Waals surface area contributed by atoms with E-state index in [-0.39, 0.29) is 11.9 Å². The van der Waals surface area contributed by atoms with Crippen LogP contribution in [0.4, 0.5) is 4.79 Å². The lowest BCUT2D eigenvalue weighted by Crippen LogP contribution is -2.32. The van der Waals surface area contributed by atoms with E-state index in [0.717, 1.165) is 12.8 Å². The molecule has 2 N–H and O–H groups in total. The third-order valence-electron chi connectivity index (χ3n) is 5.09. The number of benzene rings is 1. The molecule has 1 heterocycles. The van der Waals surface area contributed by atoms with Gasteiger partial charge in [0.1, 0.15) is 11.5 Å². The van der Waals surface area contributed by atoms with E-state index in [1.165, 1.54) is 26.2 Å². The Hall–Kier alpha value is -3.53. The molecule has 1 aromatic heterocycles. The molecule has 2 aromatic rings. The summed E-state index contributed by atoms with van der Waals surface area (Å²) in [5.41, 5.74) is 0.710. The third kappa shape index (κ3) is 7.95. The molecule has 1 aromatic carbocycles. The third-order valence-corrected chi connectivity index (χ3v) is 5.09. The number of hydrogen-bond donors (Lipinski definition) is 2. The molecule has 168 valence electrons. The summed E-state index contributed by atoms with van der Waals surface area (Å²) in [6.45, 7) is 3.91. The van der Waals surface area contributed by atoms with Crippen LogP contribution in [0.25, 0.3) is 0 Å². The molecule has 7 heteroatoms. The maximum Gasteiger partial charge on any atom is 0.412 e. The van der Waals surface area contributed by atoms with E-state index in [0.29, 0.717) is 35.4 Å². The molecule has 1 saturated carbocycles. The van der Waals surface area contributed by atoms with Crippen LogP contribution in [0.15, 0.2) is 42.6 Å². The first-order chi connectivity index (χ1) is 15.5. The van der Waals surface area contributed by atoms with Gasteiger partial charge in [0.15, 0.2) is 0 Å². The number of nitrogens with one attached hydrogen (secondary N) is 2. The van der Waals surface area contributed by atoms with Crippen LogP contribution in [0, 0.1) is 17.8 Å². The molecule has 0 saturated heterocycles. The van der Waals surface area contributed by atoms with E-state index in [2.05, 4.69) is 27.5 Å². The summed E-state index contributed by atoms with van der Waals surface area (Å²) in [5.74, 6) is 7.62. The molecular weight excluding hydrogens is 406 g/mol. The highest BCUT2D eigenvalue weighted by Gasteiger charge is 2.15. The van der Waals surface area contributed by atoms with Gasteiger partial charge in [-0.1, -0.05) is 37.2 Å². The number of hydrogen-bond acceptors (Lipinski definition) is 5. The predicted molar refractivity (Wildman–Crippen MR) is 122 cm³/mol. The van der Waals surface area contributed by atoms with Crippen LogP contribution in [0.5, 0.6) is 17.4 Å². The molecule has 1 atom stereocenters. The van der Waals surface area contributed by atoms with Gasteiger partial charge in [-0.15, -0.1) is 0 Å². The summed E-state index contributed by atoms with van der Waals surface area (Å²) < 4.78 is 11.1. The number of ether oxygens (including phenoxy) is 2. The van der Waals surface area contributed by atoms with Gasteiger partial charge in [-0.3, -0.25) is 4.79 Å². The molecule has 0 aliphatic heterocycles. The zero-order valence-corrected chi connectivity index (χ0v) is 18.5. The average Bonchev–Trinajstić information content (AvgIpc) is 2.78. The first-order valence-electron chi connectivity index (χ1n) is 11.0. The Kier molecular flexibility index (Phi) is 8.50. The Bertz CT molecular complexity index is 973. The molecule has 7 nitrogen and oxygen atoms in total. The zero-order valence-electron chi connectivity index (χ0n) is 18.5. The molecule has 0 bridgehead atoms. The molecule has 32 heavy (non-hydrogen) atoms. The van der Waals surface area contributed by atoms with Crippen molar-refractivity contribution in [2.75, 3.05) is 6.54 Å². The molecule has 1 aliphatic rings. The van der Waals surface area contributed by atoms with Crippen molar-refractivity contribution in [1.29, 1.82) is 0 Å². The van der Waals surface area contributed by atoms with Crippen LogP contribution in [0.1, 0.15) is 51.5 Å². The van der Waals surface area contributed by atoms with Gasteiger partial charge in [0.2, 0.25) is 11.8 Å². The maximum absolute atomic E-state index is 12.1. The molecule has 1 aliphatic carbocycles. The Labute approximate surface area is 188 Å². The minimum absolute atomic E-state index is 0.124. The van der Waals surface area contributed by atoms with Crippen LogP contribution >= 0.6 is 0 Å². The topological polar surface area (TPSA) is 89.5 Å². The molecule has 0 radical (unpaired) electrons. The van der Waals surface area contributed by atoms with Crippen LogP contribution in [-0.4, -0.2) is 29.6 Å². The minimum atomic E-state index is -0.456. The lowest BCUT2D eigenvalue weighted by molar-refractivity contribution is -0.119. The highest BCUT2D eigenvalue weighted by molar-refractivity contribution is 5.73.